The van der Waals surface area contributed by atoms with E-state index in [0.29, 0.717) is 6.54 Å². The summed E-state index contributed by atoms with van der Waals surface area (Å²) < 4.78 is 15.3. The highest BCUT2D eigenvalue weighted by atomic mass is 16.7. The molecular weight excluding hydrogens is 246 g/mol. The lowest BCUT2D eigenvalue weighted by atomic mass is 9.81. The van der Waals surface area contributed by atoms with E-state index >= 15 is 0 Å². The van der Waals surface area contributed by atoms with Crippen LogP contribution < -0.4 is 14.8 Å². The molecule has 104 valence electrons. The minimum Gasteiger partial charge on any atom is -0.454 e. The maximum Gasteiger partial charge on any atom is 0.406 e. The van der Waals surface area contributed by atoms with Gasteiger partial charge in [-0.2, -0.15) is 0 Å². The first kappa shape index (κ1) is 13.5. The summed E-state index contributed by atoms with van der Waals surface area (Å²) in [5.74, 6) is 1.53. The number of hydrogen-bond donors (Lipinski definition) is 1. The van der Waals surface area contributed by atoms with Gasteiger partial charge in [-0.05, 0) is 30.2 Å². The number of alkyl carbamates (subject to hydrolysis) is 1. The average molecular weight is 265 g/mol. The molecule has 19 heavy (non-hydrogen) atoms. The van der Waals surface area contributed by atoms with E-state index in [4.69, 9.17) is 9.47 Å². The molecule has 5 nitrogen and oxygen atoms in total. The molecule has 5 heteroatoms. The van der Waals surface area contributed by atoms with Gasteiger partial charge in [-0.25, -0.2) is 4.79 Å². The number of rotatable bonds is 3. The summed E-state index contributed by atoms with van der Waals surface area (Å²) in [7, 11) is 1.36. The van der Waals surface area contributed by atoms with Crippen LogP contribution in [0.1, 0.15) is 25.0 Å². The molecule has 0 atom stereocenters. The van der Waals surface area contributed by atoms with E-state index in [0.717, 1.165) is 22.6 Å². The van der Waals surface area contributed by atoms with Gasteiger partial charge in [0, 0.05) is 12.0 Å². The first-order valence-corrected chi connectivity index (χ1v) is 6.16. The quantitative estimate of drug-likeness (QED) is 0.911. The molecule has 0 fully saturated rings. The van der Waals surface area contributed by atoms with E-state index in [1.165, 1.54) is 7.11 Å². The van der Waals surface area contributed by atoms with Crippen molar-refractivity contribution >= 4 is 6.09 Å². The Morgan fingerprint density at radius 2 is 2.00 bits per heavy atom. The molecule has 1 aromatic rings. The zero-order valence-electron chi connectivity index (χ0n) is 11.7. The second-order valence-electron chi connectivity index (χ2n) is 5.25. The topological polar surface area (TPSA) is 56.8 Å². The van der Waals surface area contributed by atoms with Gasteiger partial charge in [0.1, 0.15) is 0 Å². The average Bonchev–Trinajstić information content (AvgIpc) is 2.81. The van der Waals surface area contributed by atoms with Crippen LogP contribution in [0.15, 0.2) is 12.1 Å². The number of fused-ring (bicyclic) bond motifs is 1. The van der Waals surface area contributed by atoms with Crippen molar-refractivity contribution in [1.29, 1.82) is 0 Å². The van der Waals surface area contributed by atoms with Crippen molar-refractivity contribution in [3.63, 3.8) is 0 Å². The van der Waals surface area contributed by atoms with Gasteiger partial charge < -0.3 is 19.5 Å². The standard InChI is InChI=1S/C14H19NO4/c1-9-5-11-12(19-8-18-11)6-10(9)14(2,3)7-15-13(16)17-4/h5-6H,7-8H2,1-4H3,(H,15,16). The van der Waals surface area contributed by atoms with Crippen LogP contribution in [0.25, 0.3) is 0 Å². The van der Waals surface area contributed by atoms with E-state index in [2.05, 4.69) is 23.9 Å². The molecule has 0 saturated heterocycles. The zero-order valence-corrected chi connectivity index (χ0v) is 11.7. The van der Waals surface area contributed by atoms with Crippen molar-refractivity contribution < 1.29 is 19.0 Å². The van der Waals surface area contributed by atoms with Gasteiger partial charge in [0.2, 0.25) is 6.79 Å². The lowest BCUT2D eigenvalue weighted by molar-refractivity contribution is 0.168. The van der Waals surface area contributed by atoms with Crippen LogP contribution in [-0.2, 0) is 10.2 Å². The van der Waals surface area contributed by atoms with Crippen molar-refractivity contribution in [2.45, 2.75) is 26.2 Å². The van der Waals surface area contributed by atoms with Crippen LogP contribution in [0.2, 0.25) is 0 Å². The number of ether oxygens (including phenoxy) is 3. The Morgan fingerprint density at radius 3 is 2.63 bits per heavy atom. The molecule has 0 saturated carbocycles. The van der Waals surface area contributed by atoms with Crippen LogP contribution in [0.5, 0.6) is 11.5 Å². The first-order chi connectivity index (χ1) is 8.94. The van der Waals surface area contributed by atoms with Crippen molar-refractivity contribution in [3.05, 3.63) is 23.3 Å². The Balaban J connectivity index is 2.22. The minimum atomic E-state index is -0.425. The fourth-order valence-electron chi connectivity index (χ4n) is 2.23. The van der Waals surface area contributed by atoms with Gasteiger partial charge in [0.05, 0.1) is 7.11 Å². The summed E-state index contributed by atoms with van der Waals surface area (Å²) in [5, 5.41) is 2.73. The van der Waals surface area contributed by atoms with Gasteiger partial charge in [0.25, 0.3) is 0 Å². The number of benzene rings is 1. The van der Waals surface area contributed by atoms with E-state index in [-0.39, 0.29) is 12.2 Å². The molecule has 0 bridgehead atoms. The molecule has 1 aliphatic heterocycles. The van der Waals surface area contributed by atoms with Gasteiger partial charge in [-0.15, -0.1) is 0 Å². The number of amides is 1. The molecular formula is C14H19NO4. The zero-order chi connectivity index (χ0) is 14.0. The number of aryl methyl sites for hydroxylation is 1. The lowest BCUT2D eigenvalue weighted by Crippen LogP contribution is -2.37. The molecule has 1 aliphatic rings. The summed E-state index contributed by atoms with van der Waals surface area (Å²) in [4.78, 5) is 11.2. The molecule has 0 spiro atoms. The van der Waals surface area contributed by atoms with Crippen LogP contribution in [0.3, 0.4) is 0 Å². The smallest absolute Gasteiger partial charge is 0.406 e. The maximum absolute atomic E-state index is 11.2. The van der Waals surface area contributed by atoms with Crippen molar-refractivity contribution in [1.82, 2.24) is 5.32 Å². The summed E-state index contributed by atoms with van der Waals surface area (Å²) in [6.07, 6.45) is -0.425. The number of nitrogens with one attached hydrogen (secondary N) is 1. The predicted molar refractivity (Wildman–Crippen MR) is 70.7 cm³/mol. The normalized spacial score (nSPS) is 13.3. The second-order valence-corrected chi connectivity index (χ2v) is 5.25. The number of carbonyl (C=O) groups is 1. The molecule has 0 aliphatic carbocycles. The molecule has 1 amide bonds. The van der Waals surface area contributed by atoms with Crippen LogP contribution in [-0.4, -0.2) is 26.5 Å². The molecule has 1 aromatic carbocycles. The van der Waals surface area contributed by atoms with Crippen LogP contribution in [0, 0.1) is 6.92 Å². The Kier molecular flexibility index (Phi) is 3.55. The van der Waals surface area contributed by atoms with Gasteiger partial charge in [-0.3, -0.25) is 0 Å². The number of hydrogen-bond acceptors (Lipinski definition) is 4. The molecule has 1 heterocycles. The highest BCUT2D eigenvalue weighted by Crippen LogP contribution is 2.38. The van der Waals surface area contributed by atoms with Crippen molar-refractivity contribution in [2.24, 2.45) is 0 Å². The predicted octanol–water partition coefficient (Wildman–Crippen LogP) is 2.36. The van der Waals surface area contributed by atoms with Crippen LogP contribution >= 0.6 is 0 Å². The fraction of sp³-hybridized carbons (Fsp3) is 0.500. The molecule has 2 rings (SSSR count). The van der Waals surface area contributed by atoms with Crippen molar-refractivity contribution in [2.75, 3.05) is 20.4 Å². The Bertz CT molecular complexity index is 496. The summed E-state index contributed by atoms with van der Waals surface area (Å²) >= 11 is 0. The Morgan fingerprint density at radius 1 is 1.37 bits per heavy atom. The minimum absolute atomic E-state index is 0.223. The highest BCUT2D eigenvalue weighted by Gasteiger charge is 2.26. The third-order valence-electron chi connectivity index (χ3n) is 3.31. The highest BCUT2D eigenvalue weighted by molar-refractivity contribution is 5.67. The third kappa shape index (κ3) is 2.75. The summed E-state index contributed by atoms with van der Waals surface area (Å²) in [6, 6.07) is 3.95. The molecule has 0 unspecified atom stereocenters. The van der Waals surface area contributed by atoms with Crippen molar-refractivity contribution in [3.8, 4) is 11.5 Å². The lowest BCUT2D eigenvalue weighted by Gasteiger charge is -2.27. The third-order valence-corrected chi connectivity index (χ3v) is 3.31. The molecule has 0 aromatic heterocycles. The number of methoxy groups -OCH3 is 1. The summed E-state index contributed by atoms with van der Waals surface area (Å²) in [5.41, 5.74) is 2.01. The van der Waals surface area contributed by atoms with Gasteiger partial charge in [-0.1, -0.05) is 13.8 Å². The molecule has 1 N–H and O–H groups in total. The Hall–Kier alpha value is -1.91. The van der Waals surface area contributed by atoms with E-state index in [1.807, 2.05) is 19.1 Å². The van der Waals surface area contributed by atoms with E-state index < -0.39 is 6.09 Å². The number of carbonyl (C=O) groups excluding carboxylic acids is 1. The molecule has 0 radical (unpaired) electrons. The Labute approximate surface area is 112 Å². The van der Waals surface area contributed by atoms with E-state index in [1.54, 1.807) is 0 Å². The summed E-state index contributed by atoms with van der Waals surface area (Å²) in [6.45, 7) is 6.90. The van der Waals surface area contributed by atoms with Gasteiger partial charge >= 0.3 is 6.09 Å². The monoisotopic (exact) mass is 265 g/mol. The van der Waals surface area contributed by atoms with Gasteiger partial charge in [0.15, 0.2) is 11.5 Å². The fourth-order valence-corrected chi connectivity index (χ4v) is 2.23. The maximum atomic E-state index is 11.2. The first-order valence-electron chi connectivity index (χ1n) is 6.16. The van der Waals surface area contributed by atoms with E-state index in [9.17, 15) is 4.79 Å². The second kappa shape index (κ2) is 4.99. The SMILES string of the molecule is COC(=O)NCC(C)(C)c1cc2c(cc1C)OCO2. The van der Waals surface area contributed by atoms with Crippen LogP contribution in [0.4, 0.5) is 4.79 Å². The largest absolute Gasteiger partial charge is 0.454 e.